The SMILES string of the molecule is CS(=O)(=O)N1CCC[C@H](C(=O)NC[C@H]2Cc3ccccc3O2)C1. The lowest BCUT2D eigenvalue weighted by Crippen LogP contribution is -2.46. The molecule has 23 heavy (non-hydrogen) atoms. The standard InChI is InChI=1S/C16H22N2O4S/c1-23(20,21)18-8-4-6-13(11-18)16(19)17-10-14-9-12-5-2-3-7-15(12)22-14/h2-3,5,7,13-14H,4,6,8-11H2,1H3,(H,17,19)/t13-,14+/m0/s1. The van der Waals surface area contributed by atoms with Gasteiger partial charge in [-0.05, 0) is 24.5 Å². The molecule has 1 amide bonds. The van der Waals surface area contributed by atoms with Crippen LogP contribution in [0.3, 0.4) is 0 Å². The summed E-state index contributed by atoms with van der Waals surface area (Å²) in [5.74, 6) is 0.521. The van der Waals surface area contributed by atoms with Crippen LogP contribution in [0.2, 0.25) is 0 Å². The van der Waals surface area contributed by atoms with E-state index in [9.17, 15) is 13.2 Å². The van der Waals surface area contributed by atoms with Crippen LogP contribution >= 0.6 is 0 Å². The molecule has 7 heteroatoms. The van der Waals surface area contributed by atoms with Gasteiger partial charge in [0.1, 0.15) is 11.9 Å². The van der Waals surface area contributed by atoms with Gasteiger partial charge >= 0.3 is 0 Å². The van der Waals surface area contributed by atoms with E-state index in [0.29, 0.717) is 13.1 Å². The van der Waals surface area contributed by atoms with Crippen LogP contribution in [0.15, 0.2) is 24.3 Å². The fourth-order valence-corrected chi connectivity index (χ4v) is 4.10. The number of carbonyl (C=O) groups is 1. The number of sulfonamides is 1. The number of carbonyl (C=O) groups excluding carboxylic acids is 1. The van der Waals surface area contributed by atoms with Gasteiger partial charge in [-0.15, -0.1) is 0 Å². The van der Waals surface area contributed by atoms with E-state index in [2.05, 4.69) is 5.32 Å². The fourth-order valence-electron chi connectivity index (χ4n) is 3.18. The van der Waals surface area contributed by atoms with Gasteiger partial charge in [-0.3, -0.25) is 4.79 Å². The molecule has 1 N–H and O–H groups in total. The molecular weight excluding hydrogens is 316 g/mol. The number of para-hydroxylation sites is 1. The number of ether oxygens (including phenoxy) is 1. The predicted octanol–water partition coefficient (Wildman–Crippen LogP) is 0.778. The van der Waals surface area contributed by atoms with E-state index < -0.39 is 10.0 Å². The van der Waals surface area contributed by atoms with Crippen LogP contribution in [0, 0.1) is 5.92 Å². The molecule has 1 aromatic carbocycles. The Kier molecular flexibility index (Phi) is 4.59. The molecule has 0 spiro atoms. The summed E-state index contributed by atoms with van der Waals surface area (Å²) in [7, 11) is -3.23. The number of nitrogens with zero attached hydrogens (tertiary/aromatic N) is 1. The maximum Gasteiger partial charge on any atom is 0.224 e. The first kappa shape index (κ1) is 16.3. The van der Waals surface area contributed by atoms with Gasteiger partial charge in [-0.1, -0.05) is 18.2 Å². The third-order valence-electron chi connectivity index (χ3n) is 4.44. The molecule has 6 nitrogen and oxygen atoms in total. The maximum atomic E-state index is 12.3. The molecule has 1 aromatic rings. The second-order valence-corrected chi connectivity index (χ2v) is 8.24. The Morgan fingerprint density at radius 1 is 1.39 bits per heavy atom. The number of fused-ring (bicyclic) bond motifs is 1. The molecular formula is C16H22N2O4S. The zero-order valence-corrected chi connectivity index (χ0v) is 14.0. The average Bonchev–Trinajstić information content (AvgIpc) is 2.95. The van der Waals surface area contributed by atoms with Gasteiger partial charge in [0, 0.05) is 19.5 Å². The van der Waals surface area contributed by atoms with E-state index >= 15 is 0 Å². The third kappa shape index (κ3) is 3.84. The Hall–Kier alpha value is -1.60. The highest BCUT2D eigenvalue weighted by atomic mass is 32.2. The van der Waals surface area contributed by atoms with Crippen molar-refractivity contribution in [2.45, 2.75) is 25.4 Å². The van der Waals surface area contributed by atoms with Crippen LogP contribution in [0.1, 0.15) is 18.4 Å². The van der Waals surface area contributed by atoms with E-state index in [1.807, 2.05) is 24.3 Å². The van der Waals surface area contributed by atoms with Gasteiger partial charge in [0.05, 0.1) is 18.7 Å². The highest BCUT2D eigenvalue weighted by molar-refractivity contribution is 7.88. The smallest absolute Gasteiger partial charge is 0.224 e. The molecule has 2 atom stereocenters. The summed E-state index contributed by atoms with van der Waals surface area (Å²) in [5.41, 5.74) is 1.16. The number of nitrogens with one attached hydrogen (secondary N) is 1. The first-order valence-corrected chi connectivity index (χ1v) is 9.75. The molecule has 2 heterocycles. The van der Waals surface area contributed by atoms with Crippen molar-refractivity contribution in [1.29, 1.82) is 0 Å². The molecule has 2 aliphatic heterocycles. The highest BCUT2D eigenvalue weighted by Gasteiger charge is 2.31. The third-order valence-corrected chi connectivity index (χ3v) is 5.71. The Bertz CT molecular complexity index is 664. The minimum absolute atomic E-state index is 0.0500. The van der Waals surface area contributed by atoms with Crippen LogP contribution < -0.4 is 10.1 Å². The zero-order valence-electron chi connectivity index (χ0n) is 13.2. The Labute approximate surface area is 136 Å². The van der Waals surface area contributed by atoms with Crippen LogP contribution in [0.4, 0.5) is 0 Å². The van der Waals surface area contributed by atoms with E-state index in [-0.39, 0.29) is 24.5 Å². The minimum Gasteiger partial charge on any atom is -0.488 e. The summed E-state index contributed by atoms with van der Waals surface area (Å²) < 4.78 is 30.4. The number of benzene rings is 1. The predicted molar refractivity (Wildman–Crippen MR) is 86.7 cm³/mol. The molecule has 0 aromatic heterocycles. The Balaban J connectivity index is 1.50. The van der Waals surface area contributed by atoms with Crippen molar-refractivity contribution in [2.24, 2.45) is 5.92 Å². The monoisotopic (exact) mass is 338 g/mol. The van der Waals surface area contributed by atoms with Crippen molar-refractivity contribution in [2.75, 3.05) is 25.9 Å². The van der Waals surface area contributed by atoms with Gasteiger partial charge in [0.25, 0.3) is 0 Å². The van der Waals surface area contributed by atoms with Crippen LogP contribution in [0.25, 0.3) is 0 Å². The van der Waals surface area contributed by atoms with Gasteiger partial charge in [0.15, 0.2) is 0 Å². The number of piperidine rings is 1. The first-order valence-electron chi connectivity index (χ1n) is 7.91. The summed E-state index contributed by atoms with van der Waals surface area (Å²) in [5, 5.41) is 2.92. The Morgan fingerprint density at radius 2 is 2.17 bits per heavy atom. The molecule has 0 saturated carbocycles. The summed E-state index contributed by atoms with van der Waals surface area (Å²) in [6.45, 7) is 1.23. The lowest BCUT2D eigenvalue weighted by molar-refractivity contribution is -0.126. The summed E-state index contributed by atoms with van der Waals surface area (Å²) >= 11 is 0. The number of amides is 1. The van der Waals surface area contributed by atoms with Gasteiger partial charge in [-0.2, -0.15) is 0 Å². The van der Waals surface area contributed by atoms with Gasteiger partial charge < -0.3 is 10.1 Å². The molecule has 0 aliphatic carbocycles. The van der Waals surface area contributed by atoms with Crippen LogP contribution in [-0.2, 0) is 21.2 Å². The minimum atomic E-state index is -3.23. The van der Waals surface area contributed by atoms with Crippen molar-refractivity contribution < 1.29 is 17.9 Å². The molecule has 2 aliphatic rings. The van der Waals surface area contributed by atoms with Gasteiger partial charge in [-0.25, -0.2) is 12.7 Å². The van der Waals surface area contributed by atoms with E-state index in [4.69, 9.17) is 4.74 Å². The molecule has 0 unspecified atom stereocenters. The molecule has 1 fully saturated rings. The van der Waals surface area contributed by atoms with E-state index in [0.717, 1.165) is 30.6 Å². The summed E-state index contributed by atoms with van der Waals surface area (Å²) in [6, 6.07) is 7.87. The normalized spacial score (nSPS) is 24.7. The second-order valence-electron chi connectivity index (χ2n) is 6.26. The van der Waals surface area contributed by atoms with Gasteiger partial charge in [0.2, 0.25) is 15.9 Å². The van der Waals surface area contributed by atoms with Crippen LogP contribution in [-0.4, -0.2) is 50.6 Å². The maximum absolute atomic E-state index is 12.3. The molecule has 0 radical (unpaired) electrons. The van der Waals surface area contributed by atoms with Crippen molar-refractivity contribution in [3.63, 3.8) is 0 Å². The zero-order chi connectivity index (χ0) is 16.4. The number of hydrogen-bond donors (Lipinski definition) is 1. The van der Waals surface area contributed by atoms with Crippen molar-refractivity contribution >= 4 is 15.9 Å². The van der Waals surface area contributed by atoms with Crippen molar-refractivity contribution in [3.05, 3.63) is 29.8 Å². The van der Waals surface area contributed by atoms with E-state index in [1.54, 1.807) is 0 Å². The van der Waals surface area contributed by atoms with Crippen molar-refractivity contribution in [1.82, 2.24) is 9.62 Å². The van der Waals surface area contributed by atoms with Crippen molar-refractivity contribution in [3.8, 4) is 5.75 Å². The van der Waals surface area contributed by atoms with Crippen LogP contribution in [0.5, 0.6) is 5.75 Å². The fraction of sp³-hybridized carbons (Fsp3) is 0.562. The lowest BCUT2D eigenvalue weighted by Gasteiger charge is -2.30. The topological polar surface area (TPSA) is 75.7 Å². The second kappa shape index (κ2) is 6.49. The largest absolute Gasteiger partial charge is 0.488 e. The molecule has 0 bridgehead atoms. The van der Waals surface area contributed by atoms with E-state index in [1.165, 1.54) is 10.6 Å². The summed E-state index contributed by atoms with van der Waals surface area (Å²) in [4.78, 5) is 12.3. The lowest BCUT2D eigenvalue weighted by atomic mass is 9.98. The summed E-state index contributed by atoms with van der Waals surface area (Å²) in [6.07, 6.45) is 3.37. The first-order chi connectivity index (χ1) is 10.9. The number of hydrogen-bond acceptors (Lipinski definition) is 4. The Morgan fingerprint density at radius 3 is 2.91 bits per heavy atom. The average molecular weight is 338 g/mol. The molecule has 1 saturated heterocycles. The quantitative estimate of drug-likeness (QED) is 0.880. The molecule has 126 valence electrons. The number of rotatable bonds is 4. The highest BCUT2D eigenvalue weighted by Crippen LogP contribution is 2.27. The molecule has 3 rings (SSSR count).